The van der Waals surface area contributed by atoms with Crippen molar-refractivity contribution in [3.8, 4) is 5.75 Å². The van der Waals surface area contributed by atoms with Gasteiger partial charge in [0.15, 0.2) is 0 Å². The van der Waals surface area contributed by atoms with E-state index in [9.17, 15) is 9.90 Å². The molecule has 4 heteroatoms. The number of β-lactam (4-membered cyclic amide) rings is 1. The number of amides is 1. The molecule has 2 aromatic carbocycles. The first-order valence-corrected chi connectivity index (χ1v) is 8.88. The Morgan fingerprint density at radius 1 is 1.04 bits per heavy atom. The molecular formula is C20H20ClNO2. The van der Waals surface area contributed by atoms with Gasteiger partial charge in [0, 0.05) is 10.7 Å². The van der Waals surface area contributed by atoms with E-state index in [0.717, 1.165) is 36.9 Å². The lowest BCUT2D eigenvalue weighted by molar-refractivity contribution is -0.143. The van der Waals surface area contributed by atoms with Crippen molar-refractivity contribution in [3.05, 3.63) is 59.1 Å². The summed E-state index contributed by atoms with van der Waals surface area (Å²) in [6.07, 6.45) is 5.30. The minimum atomic E-state index is -0.291. The van der Waals surface area contributed by atoms with E-state index in [4.69, 9.17) is 11.6 Å². The van der Waals surface area contributed by atoms with E-state index >= 15 is 0 Å². The number of phenolic OH excluding ortho intramolecular Hbond substituents is 1. The highest BCUT2D eigenvalue weighted by molar-refractivity contribution is 6.30. The summed E-state index contributed by atoms with van der Waals surface area (Å²) < 4.78 is 0. The van der Waals surface area contributed by atoms with Gasteiger partial charge in [-0.05, 0) is 54.8 Å². The number of nitrogens with zero attached hydrogens (tertiary/aromatic N) is 1. The molecule has 1 saturated carbocycles. The normalized spacial score (nSPS) is 22.5. The maximum absolute atomic E-state index is 13.1. The van der Waals surface area contributed by atoms with E-state index in [1.807, 2.05) is 23.1 Å². The first kappa shape index (κ1) is 15.5. The van der Waals surface area contributed by atoms with Gasteiger partial charge in [0.05, 0.1) is 11.5 Å². The highest BCUT2D eigenvalue weighted by Crippen LogP contribution is 2.59. The van der Waals surface area contributed by atoms with Crippen LogP contribution in [0.5, 0.6) is 5.75 Å². The number of carbonyl (C=O) groups is 1. The van der Waals surface area contributed by atoms with Crippen molar-refractivity contribution >= 4 is 23.2 Å². The second-order valence-electron chi connectivity index (χ2n) is 6.87. The van der Waals surface area contributed by atoms with Gasteiger partial charge >= 0.3 is 0 Å². The molecule has 1 atom stereocenters. The molecule has 0 aromatic heterocycles. The fraction of sp³-hybridized carbons (Fsp3) is 0.350. The minimum Gasteiger partial charge on any atom is -0.508 e. The van der Waals surface area contributed by atoms with Gasteiger partial charge in [-0.2, -0.15) is 0 Å². The third-order valence-electron chi connectivity index (χ3n) is 5.46. The van der Waals surface area contributed by atoms with Crippen LogP contribution in [0.4, 0.5) is 5.69 Å². The van der Waals surface area contributed by atoms with Crippen molar-refractivity contribution < 1.29 is 9.90 Å². The van der Waals surface area contributed by atoms with Crippen LogP contribution in [0.1, 0.15) is 43.7 Å². The highest BCUT2D eigenvalue weighted by Gasteiger charge is 2.61. The zero-order valence-corrected chi connectivity index (χ0v) is 14.2. The highest BCUT2D eigenvalue weighted by atomic mass is 35.5. The molecule has 1 heterocycles. The Labute approximate surface area is 146 Å². The number of rotatable bonds is 2. The molecule has 0 radical (unpaired) electrons. The number of benzene rings is 2. The Balaban J connectivity index is 1.78. The lowest BCUT2D eigenvalue weighted by Gasteiger charge is -2.58. The number of phenols is 1. The molecule has 1 spiro atoms. The lowest BCUT2D eigenvalue weighted by Crippen LogP contribution is -2.64. The van der Waals surface area contributed by atoms with Gasteiger partial charge in [0.25, 0.3) is 0 Å². The van der Waals surface area contributed by atoms with E-state index in [1.54, 1.807) is 24.3 Å². The Hall–Kier alpha value is -2.00. The summed E-state index contributed by atoms with van der Waals surface area (Å²) in [5.74, 6) is 0.413. The molecule has 2 fully saturated rings. The van der Waals surface area contributed by atoms with Crippen molar-refractivity contribution in [3.63, 3.8) is 0 Å². The summed E-state index contributed by atoms with van der Waals surface area (Å²) in [5.41, 5.74) is 1.64. The van der Waals surface area contributed by atoms with Crippen LogP contribution in [0.15, 0.2) is 48.5 Å². The van der Waals surface area contributed by atoms with E-state index in [1.165, 1.54) is 6.42 Å². The molecule has 1 unspecified atom stereocenters. The molecule has 24 heavy (non-hydrogen) atoms. The molecule has 1 amide bonds. The molecule has 4 rings (SSSR count). The predicted octanol–water partition coefficient (Wildman–Crippen LogP) is 5.08. The molecular weight excluding hydrogens is 322 g/mol. The molecule has 2 aromatic rings. The first-order valence-electron chi connectivity index (χ1n) is 8.50. The van der Waals surface area contributed by atoms with E-state index in [2.05, 4.69) is 6.07 Å². The fourth-order valence-electron chi connectivity index (χ4n) is 4.35. The van der Waals surface area contributed by atoms with Gasteiger partial charge in [-0.15, -0.1) is 0 Å². The summed E-state index contributed by atoms with van der Waals surface area (Å²) in [6.45, 7) is 0. The summed E-state index contributed by atoms with van der Waals surface area (Å²) in [5, 5.41) is 10.2. The van der Waals surface area contributed by atoms with Gasteiger partial charge in [0.1, 0.15) is 5.75 Å². The van der Waals surface area contributed by atoms with Crippen molar-refractivity contribution in [1.29, 1.82) is 0 Å². The smallest absolute Gasteiger partial charge is 0.236 e. The molecule has 124 valence electrons. The van der Waals surface area contributed by atoms with Crippen LogP contribution < -0.4 is 4.90 Å². The third kappa shape index (κ3) is 2.30. The molecule has 1 saturated heterocycles. The quantitative estimate of drug-likeness (QED) is 0.773. The summed E-state index contributed by atoms with van der Waals surface area (Å²) >= 11 is 6.21. The van der Waals surface area contributed by atoms with Crippen LogP contribution >= 0.6 is 11.6 Å². The second kappa shape index (κ2) is 5.82. The van der Waals surface area contributed by atoms with Gasteiger partial charge < -0.3 is 10.0 Å². The van der Waals surface area contributed by atoms with Crippen molar-refractivity contribution in [2.24, 2.45) is 5.41 Å². The van der Waals surface area contributed by atoms with Crippen LogP contribution in [0.3, 0.4) is 0 Å². The molecule has 1 aliphatic carbocycles. The average molecular weight is 342 g/mol. The van der Waals surface area contributed by atoms with Crippen LogP contribution in [0.25, 0.3) is 0 Å². The molecule has 3 nitrogen and oxygen atoms in total. The Morgan fingerprint density at radius 2 is 1.75 bits per heavy atom. The van der Waals surface area contributed by atoms with Crippen LogP contribution in [-0.2, 0) is 4.79 Å². The number of hydrogen-bond acceptors (Lipinski definition) is 2. The zero-order chi connectivity index (χ0) is 16.7. The van der Waals surface area contributed by atoms with Gasteiger partial charge in [-0.1, -0.05) is 43.0 Å². The Bertz CT molecular complexity index is 765. The number of hydrogen-bond donors (Lipinski definition) is 1. The maximum Gasteiger partial charge on any atom is 0.236 e. The zero-order valence-electron chi connectivity index (χ0n) is 13.4. The van der Waals surface area contributed by atoms with Gasteiger partial charge in [-0.25, -0.2) is 0 Å². The maximum atomic E-state index is 13.1. The summed E-state index contributed by atoms with van der Waals surface area (Å²) in [6, 6.07) is 14.7. The minimum absolute atomic E-state index is 0.0218. The Morgan fingerprint density at radius 3 is 2.42 bits per heavy atom. The lowest BCUT2D eigenvalue weighted by atomic mass is 9.60. The van der Waals surface area contributed by atoms with Crippen molar-refractivity contribution in [2.75, 3.05) is 4.90 Å². The molecule has 1 aliphatic heterocycles. The van der Waals surface area contributed by atoms with E-state index < -0.39 is 0 Å². The van der Waals surface area contributed by atoms with Gasteiger partial charge in [-0.3, -0.25) is 4.79 Å². The Kier molecular flexibility index (Phi) is 3.76. The number of aromatic hydroxyl groups is 1. The van der Waals surface area contributed by atoms with Crippen molar-refractivity contribution in [1.82, 2.24) is 0 Å². The molecule has 1 N–H and O–H groups in total. The standard InChI is InChI=1S/C20H20ClNO2/c21-15-6-4-5-14(13-15)18-20(11-2-1-3-12-20)19(24)22(18)16-7-9-17(23)10-8-16/h4-10,13,18,23H,1-3,11-12H2. The fourth-order valence-corrected chi connectivity index (χ4v) is 4.55. The third-order valence-corrected chi connectivity index (χ3v) is 5.70. The SMILES string of the molecule is O=C1N(c2ccc(O)cc2)C(c2cccc(Cl)c2)C12CCCCC2. The summed E-state index contributed by atoms with van der Waals surface area (Å²) in [7, 11) is 0. The molecule has 2 aliphatic rings. The van der Waals surface area contributed by atoms with Crippen molar-refractivity contribution in [2.45, 2.75) is 38.1 Å². The van der Waals surface area contributed by atoms with Crippen LogP contribution in [-0.4, -0.2) is 11.0 Å². The van der Waals surface area contributed by atoms with Crippen LogP contribution in [0, 0.1) is 5.41 Å². The number of halogens is 1. The topological polar surface area (TPSA) is 40.5 Å². The molecule has 0 bridgehead atoms. The van der Waals surface area contributed by atoms with Crippen LogP contribution in [0.2, 0.25) is 5.02 Å². The largest absolute Gasteiger partial charge is 0.508 e. The summed E-state index contributed by atoms with van der Waals surface area (Å²) in [4.78, 5) is 15.0. The van der Waals surface area contributed by atoms with E-state index in [-0.39, 0.29) is 23.1 Å². The number of anilines is 1. The first-order chi connectivity index (χ1) is 11.6. The number of carbonyl (C=O) groups excluding carboxylic acids is 1. The average Bonchev–Trinajstić information content (AvgIpc) is 2.61. The monoisotopic (exact) mass is 341 g/mol. The second-order valence-corrected chi connectivity index (χ2v) is 7.30. The van der Waals surface area contributed by atoms with E-state index in [0.29, 0.717) is 5.02 Å². The van der Waals surface area contributed by atoms with Gasteiger partial charge in [0.2, 0.25) is 5.91 Å². The predicted molar refractivity (Wildman–Crippen MR) is 95.3 cm³/mol.